The maximum Gasteiger partial charge on any atom is 0.224 e. The Hall–Kier alpha value is -3.18. The van der Waals surface area contributed by atoms with E-state index in [4.69, 9.17) is 5.26 Å². The first-order valence-electron chi connectivity index (χ1n) is 10.2. The van der Waals surface area contributed by atoms with E-state index < -0.39 is 0 Å². The van der Waals surface area contributed by atoms with E-state index in [1.807, 2.05) is 62.7 Å². The van der Waals surface area contributed by atoms with Crippen LogP contribution in [0.3, 0.4) is 0 Å². The van der Waals surface area contributed by atoms with E-state index in [0.717, 1.165) is 44.1 Å². The number of hydrogen-bond acceptors (Lipinski definition) is 6. The number of nitriles is 1. The zero-order valence-electron chi connectivity index (χ0n) is 18.3. The second-order valence-electron chi connectivity index (χ2n) is 7.39. The molecule has 0 spiro atoms. The number of hydrogen-bond donors (Lipinski definition) is 1. The normalized spacial score (nSPS) is 10.7. The first kappa shape index (κ1) is 22.5. The van der Waals surface area contributed by atoms with Gasteiger partial charge in [-0.2, -0.15) is 10.4 Å². The van der Waals surface area contributed by atoms with Crippen LogP contribution in [0.1, 0.15) is 41.2 Å². The lowest BCUT2D eigenvalue weighted by Crippen LogP contribution is -2.12. The molecule has 0 aliphatic rings. The molecule has 2 aromatic heterocycles. The molecular formula is C23H26N6OS. The third-order valence-corrected chi connectivity index (χ3v) is 5.75. The maximum atomic E-state index is 12.4. The number of carbonyl (C=O) groups excluding carboxylic acids is 1. The second-order valence-corrected chi connectivity index (χ2v) is 8.43. The van der Waals surface area contributed by atoms with Crippen molar-refractivity contribution in [1.82, 2.24) is 19.7 Å². The Morgan fingerprint density at radius 2 is 1.81 bits per heavy atom. The van der Waals surface area contributed by atoms with Crippen molar-refractivity contribution < 1.29 is 4.79 Å². The Morgan fingerprint density at radius 1 is 1.13 bits per heavy atom. The number of aromatic nitrogens is 4. The minimum atomic E-state index is -0.0402. The average molecular weight is 435 g/mol. The van der Waals surface area contributed by atoms with Crippen molar-refractivity contribution in [2.75, 3.05) is 5.32 Å². The predicted molar refractivity (Wildman–Crippen MR) is 121 cm³/mol. The summed E-state index contributed by atoms with van der Waals surface area (Å²) in [5, 5.41) is 16.9. The van der Waals surface area contributed by atoms with E-state index in [-0.39, 0.29) is 5.91 Å². The third-order valence-electron chi connectivity index (χ3n) is 4.88. The fourth-order valence-corrected chi connectivity index (χ4v) is 4.24. The van der Waals surface area contributed by atoms with Crippen molar-refractivity contribution in [3.8, 4) is 6.07 Å². The van der Waals surface area contributed by atoms with E-state index >= 15 is 0 Å². The first-order chi connectivity index (χ1) is 14.9. The van der Waals surface area contributed by atoms with Crippen LogP contribution in [0, 0.1) is 39.0 Å². The molecule has 0 aliphatic heterocycles. The topological polar surface area (TPSA) is 96.5 Å². The molecule has 7 nitrogen and oxygen atoms in total. The van der Waals surface area contributed by atoms with Crippen molar-refractivity contribution in [3.63, 3.8) is 0 Å². The number of benzene rings is 1. The fourth-order valence-electron chi connectivity index (χ4n) is 3.38. The summed E-state index contributed by atoms with van der Waals surface area (Å²) in [5.41, 5.74) is 5.66. The van der Waals surface area contributed by atoms with E-state index in [1.165, 1.54) is 11.8 Å². The highest BCUT2D eigenvalue weighted by Gasteiger charge is 2.13. The number of nitrogens with one attached hydrogen (secondary N) is 1. The van der Waals surface area contributed by atoms with Crippen LogP contribution in [0.5, 0.6) is 0 Å². The van der Waals surface area contributed by atoms with Crippen molar-refractivity contribution in [2.45, 2.75) is 63.6 Å². The van der Waals surface area contributed by atoms with Gasteiger partial charge in [-0.05, 0) is 81.8 Å². The molecule has 0 saturated carbocycles. The maximum absolute atomic E-state index is 12.4. The number of nitrogens with zero attached hydrogens (tertiary/aromatic N) is 5. The Kier molecular flexibility index (Phi) is 7.42. The van der Waals surface area contributed by atoms with Crippen LogP contribution in [0.15, 0.2) is 40.4 Å². The van der Waals surface area contributed by atoms with Crippen LogP contribution < -0.4 is 5.32 Å². The number of anilines is 1. The molecule has 160 valence electrons. The lowest BCUT2D eigenvalue weighted by molar-refractivity contribution is -0.116. The molecule has 0 unspecified atom stereocenters. The minimum absolute atomic E-state index is 0.0402. The molecular weight excluding hydrogens is 408 g/mol. The molecule has 3 rings (SSSR count). The van der Waals surface area contributed by atoms with Gasteiger partial charge in [0, 0.05) is 34.1 Å². The predicted octanol–water partition coefficient (Wildman–Crippen LogP) is 4.54. The molecule has 31 heavy (non-hydrogen) atoms. The molecule has 0 aliphatic carbocycles. The highest BCUT2D eigenvalue weighted by atomic mass is 32.2. The van der Waals surface area contributed by atoms with Crippen molar-refractivity contribution in [3.05, 3.63) is 58.7 Å². The largest absolute Gasteiger partial charge is 0.326 e. The van der Waals surface area contributed by atoms with Crippen molar-refractivity contribution >= 4 is 23.4 Å². The van der Waals surface area contributed by atoms with E-state index in [0.29, 0.717) is 25.8 Å². The fraction of sp³-hybridized carbons (Fsp3) is 0.348. The highest BCUT2D eigenvalue weighted by molar-refractivity contribution is 7.99. The molecule has 0 radical (unpaired) electrons. The third kappa shape index (κ3) is 6.15. The quantitative estimate of drug-likeness (QED) is 0.523. The summed E-state index contributed by atoms with van der Waals surface area (Å²) in [6, 6.07) is 11.8. The van der Waals surface area contributed by atoms with Gasteiger partial charge in [-0.15, -0.1) is 0 Å². The molecule has 1 N–H and O–H groups in total. The van der Waals surface area contributed by atoms with Crippen LogP contribution in [-0.4, -0.2) is 25.7 Å². The summed E-state index contributed by atoms with van der Waals surface area (Å²) in [4.78, 5) is 22.3. The lowest BCUT2D eigenvalue weighted by Gasteiger charge is -2.07. The smallest absolute Gasteiger partial charge is 0.224 e. The number of carbonyl (C=O) groups is 1. The molecule has 1 aromatic carbocycles. The van der Waals surface area contributed by atoms with Gasteiger partial charge < -0.3 is 5.32 Å². The molecule has 1 amide bonds. The van der Waals surface area contributed by atoms with Crippen LogP contribution in [0.25, 0.3) is 0 Å². The van der Waals surface area contributed by atoms with Gasteiger partial charge in [-0.25, -0.2) is 9.97 Å². The first-order valence-corrected chi connectivity index (χ1v) is 11.0. The van der Waals surface area contributed by atoms with Crippen LogP contribution >= 0.6 is 11.8 Å². The molecule has 0 bridgehead atoms. The number of aryl methyl sites for hydroxylation is 4. The Balaban J connectivity index is 1.55. The van der Waals surface area contributed by atoms with E-state index in [9.17, 15) is 4.79 Å². The number of rotatable bonds is 8. The van der Waals surface area contributed by atoms with Crippen LogP contribution in [-0.2, 0) is 17.8 Å². The monoisotopic (exact) mass is 434 g/mol. The average Bonchev–Trinajstić information content (AvgIpc) is 2.98. The summed E-state index contributed by atoms with van der Waals surface area (Å²) in [5.74, 6) is -0.0402. The van der Waals surface area contributed by atoms with E-state index in [2.05, 4.69) is 26.5 Å². The van der Waals surface area contributed by atoms with Gasteiger partial charge in [0.05, 0.1) is 24.7 Å². The van der Waals surface area contributed by atoms with Crippen LogP contribution in [0.4, 0.5) is 5.69 Å². The van der Waals surface area contributed by atoms with Crippen LogP contribution in [0.2, 0.25) is 0 Å². The summed E-state index contributed by atoms with van der Waals surface area (Å²) in [7, 11) is 0. The van der Waals surface area contributed by atoms with Gasteiger partial charge >= 0.3 is 0 Å². The molecule has 0 atom stereocenters. The van der Waals surface area contributed by atoms with Gasteiger partial charge in [-0.1, -0.05) is 0 Å². The Labute approximate surface area is 186 Å². The summed E-state index contributed by atoms with van der Waals surface area (Å²) in [6.45, 7) is 8.42. The standard InChI is InChI=1S/C23H26N6OS/c1-15-14-16(2)26-23(25-15)31-20-8-6-19(7-9-20)27-22(30)11-10-21-17(3)28-29(18(21)4)13-5-12-24/h6-9,14H,5,10-11,13H2,1-4H3,(H,27,30). The van der Waals surface area contributed by atoms with E-state index in [1.54, 1.807) is 0 Å². The second kappa shape index (κ2) is 10.2. The summed E-state index contributed by atoms with van der Waals surface area (Å²) >= 11 is 1.50. The van der Waals surface area contributed by atoms with Gasteiger partial charge in [0.1, 0.15) is 0 Å². The molecule has 0 saturated heterocycles. The zero-order valence-corrected chi connectivity index (χ0v) is 19.1. The SMILES string of the molecule is Cc1cc(C)nc(Sc2ccc(NC(=O)CCc3c(C)nn(CCC#N)c3C)cc2)n1. The Bertz CT molecular complexity index is 1090. The van der Waals surface area contributed by atoms with Gasteiger partial charge in [0.15, 0.2) is 5.16 Å². The Morgan fingerprint density at radius 3 is 2.45 bits per heavy atom. The molecule has 0 fully saturated rings. The van der Waals surface area contributed by atoms with Crippen molar-refractivity contribution in [2.24, 2.45) is 0 Å². The highest BCUT2D eigenvalue weighted by Crippen LogP contribution is 2.26. The lowest BCUT2D eigenvalue weighted by atomic mass is 10.1. The van der Waals surface area contributed by atoms with Crippen molar-refractivity contribution in [1.29, 1.82) is 5.26 Å². The molecule has 3 aromatic rings. The van der Waals surface area contributed by atoms with Gasteiger partial charge in [-0.3, -0.25) is 9.48 Å². The zero-order chi connectivity index (χ0) is 22.4. The van der Waals surface area contributed by atoms with Gasteiger partial charge in [0.25, 0.3) is 0 Å². The number of amides is 1. The van der Waals surface area contributed by atoms with Gasteiger partial charge in [0.2, 0.25) is 5.91 Å². The molecule has 2 heterocycles. The summed E-state index contributed by atoms with van der Waals surface area (Å²) in [6.07, 6.45) is 1.42. The minimum Gasteiger partial charge on any atom is -0.326 e. The summed E-state index contributed by atoms with van der Waals surface area (Å²) < 4.78 is 1.85. The molecule has 8 heteroatoms.